The first-order valence-electron chi connectivity index (χ1n) is 5.55. The quantitative estimate of drug-likeness (QED) is 0.845. The highest BCUT2D eigenvalue weighted by Gasteiger charge is 2.67. The number of halogens is 2. The van der Waals surface area contributed by atoms with Crippen molar-refractivity contribution in [2.75, 3.05) is 0 Å². The zero-order valence-electron chi connectivity index (χ0n) is 10.2. The molecule has 0 saturated heterocycles. The average Bonchev–Trinajstić information content (AvgIpc) is 2.60. The lowest BCUT2D eigenvalue weighted by molar-refractivity contribution is -0.126. The molecule has 1 fully saturated rings. The van der Waals surface area contributed by atoms with Gasteiger partial charge in [0.15, 0.2) is 0 Å². The maximum absolute atomic E-state index is 11.9. The van der Waals surface area contributed by atoms with E-state index in [1.165, 1.54) is 0 Å². The molecule has 3 nitrogen and oxygen atoms in total. The zero-order valence-corrected chi connectivity index (χ0v) is 11.7. The van der Waals surface area contributed by atoms with Crippen molar-refractivity contribution in [1.82, 2.24) is 9.88 Å². The van der Waals surface area contributed by atoms with E-state index in [2.05, 4.69) is 5.32 Å². The highest BCUT2D eigenvalue weighted by Crippen LogP contribution is 2.63. The normalized spacial score (nSPS) is 25.7. The highest BCUT2D eigenvalue weighted by molar-refractivity contribution is 6.53. The molecule has 0 unspecified atom stereocenters. The summed E-state index contributed by atoms with van der Waals surface area (Å²) in [7, 11) is 1.98. The van der Waals surface area contributed by atoms with Crippen LogP contribution in [0.4, 0.5) is 0 Å². The van der Waals surface area contributed by atoms with Crippen molar-refractivity contribution in [3.05, 3.63) is 23.5 Å². The second kappa shape index (κ2) is 3.92. The number of nitrogens with one attached hydrogen (secondary N) is 1. The van der Waals surface area contributed by atoms with Crippen molar-refractivity contribution >= 4 is 29.1 Å². The lowest BCUT2D eigenvalue weighted by atomic mass is 10.1. The Morgan fingerprint density at radius 2 is 2.12 bits per heavy atom. The smallest absolute Gasteiger partial charge is 0.229 e. The number of carbonyl (C=O) groups excluding carboxylic acids is 1. The first-order chi connectivity index (χ1) is 7.78. The largest absolute Gasteiger partial charge is 0.350 e. The Morgan fingerprint density at radius 3 is 2.53 bits per heavy atom. The maximum atomic E-state index is 11.9. The van der Waals surface area contributed by atoms with E-state index in [0.717, 1.165) is 11.4 Å². The average molecular weight is 275 g/mol. The Bertz CT molecular complexity index is 467. The van der Waals surface area contributed by atoms with Crippen LogP contribution in [0, 0.1) is 12.3 Å². The number of aryl methyl sites for hydroxylation is 1. The number of hydrogen-bond acceptors (Lipinski definition) is 1. The Balaban J connectivity index is 1.96. The number of aromatic nitrogens is 1. The molecule has 0 radical (unpaired) electrons. The van der Waals surface area contributed by atoms with Gasteiger partial charge in [-0.05, 0) is 32.4 Å². The number of nitrogens with zero attached hydrogens (tertiary/aromatic N) is 1. The van der Waals surface area contributed by atoms with Crippen LogP contribution in [0.1, 0.15) is 24.7 Å². The number of rotatable bonds is 3. The molecule has 5 heteroatoms. The molecule has 0 aromatic carbocycles. The molecule has 1 aromatic heterocycles. The van der Waals surface area contributed by atoms with Gasteiger partial charge in [0.2, 0.25) is 5.91 Å². The van der Waals surface area contributed by atoms with Crippen LogP contribution in [0.15, 0.2) is 12.1 Å². The van der Waals surface area contributed by atoms with Gasteiger partial charge in [-0.1, -0.05) is 0 Å². The van der Waals surface area contributed by atoms with Crippen LogP contribution in [0.2, 0.25) is 0 Å². The van der Waals surface area contributed by atoms with Gasteiger partial charge in [0, 0.05) is 18.4 Å². The van der Waals surface area contributed by atoms with Gasteiger partial charge < -0.3 is 9.88 Å². The first kappa shape index (κ1) is 12.8. The van der Waals surface area contributed by atoms with Crippen molar-refractivity contribution in [1.29, 1.82) is 0 Å². The van der Waals surface area contributed by atoms with Gasteiger partial charge in [-0.15, -0.1) is 23.2 Å². The molecular formula is C12H16Cl2N2O. The minimum absolute atomic E-state index is 0.0821. The van der Waals surface area contributed by atoms with E-state index < -0.39 is 9.75 Å². The summed E-state index contributed by atoms with van der Waals surface area (Å²) < 4.78 is 1.14. The van der Waals surface area contributed by atoms with Crippen LogP contribution in [0.25, 0.3) is 0 Å². The third-order valence-corrected chi connectivity index (χ3v) is 4.77. The number of hydrogen-bond donors (Lipinski definition) is 1. The zero-order chi connectivity index (χ0) is 12.8. The molecule has 1 amide bonds. The summed E-state index contributed by atoms with van der Waals surface area (Å²) in [4.78, 5) is 11.9. The predicted molar refractivity (Wildman–Crippen MR) is 69.2 cm³/mol. The first-order valence-corrected chi connectivity index (χ1v) is 6.31. The molecule has 1 saturated carbocycles. The van der Waals surface area contributed by atoms with Crippen molar-refractivity contribution in [2.45, 2.75) is 31.1 Å². The van der Waals surface area contributed by atoms with Crippen LogP contribution >= 0.6 is 23.2 Å². The summed E-state index contributed by atoms with van der Waals surface area (Å²) in [5, 5.41) is 2.88. The summed E-state index contributed by atoms with van der Waals surface area (Å²) in [6, 6.07) is 4.02. The third kappa shape index (κ3) is 2.06. The van der Waals surface area contributed by atoms with E-state index in [9.17, 15) is 4.79 Å². The summed E-state index contributed by atoms with van der Waals surface area (Å²) in [6.07, 6.45) is 0.515. The molecule has 0 spiro atoms. The molecular weight excluding hydrogens is 259 g/mol. The van der Waals surface area contributed by atoms with Crippen LogP contribution in [-0.4, -0.2) is 14.8 Å². The van der Waals surface area contributed by atoms with E-state index in [0.29, 0.717) is 13.0 Å². The third-order valence-electron chi connectivity index (χ3n) is 3.67. The molecule has 2 rings (SSSR count). The van der Waals surface area contributed by atoms with Gasteiger partial charge >= 0.3 is 0 Å². The lowest BCUT2D eigenvalue weighted by Crippen LogP contribution is -2.33. The Labute approximate surface area is 111 Å². The molecule has 1 atom stereocenters. The monoisotopic (exact) mass is 274 g/mol. The van der Waals surface area contributed by atoms with Gasteiger partial charge in [-0.3, -0.25) is 4.79 Å². The molecule has 1 aromatic rings. The molecule has 1 heterocycles. The highest BCUT2D eigenvalue weighted by atomic mass is 35.5. The van der Waals surface area contributed by atoms with Gasteiger partial charge in [0.05, 0.1) is 12.0 Å². The molecule has 0 aliphatic heterocycles. The second-order valence-corrected chi connectivity index (χ2v) is 6.40. The summed E-state index contributed by atoms with van der Waals surface area (Å²) in [5.74, 6) is -0.0821. The van der Waals surface area contributed by atoms with Crippen LogP contribution < -0.4 is 5.32 Å². The second-order valence-electron chi connectivity index (χ2n) is 4.92. The molecule has 17 heavy (non-hydrogen) atoms. The standard InChI is InChI=1S/C12H16Cl2N2O/c1-8-4-5-9(16(8)3)6-15-10(17)11(2)7-12(11,13)14/h4-5H,6-7H2,1-3H3,(H,15,17)/t11-/m1/s1. The fourth-order valence-electron chi connectivity index (χ4n) is 1.86. The van der Waals surface area contributed by atoms with E-state index in [1.807, 2.05) is 30.7 Å². The summed E-state index contributed by atoms with van der Waals surface area (Å²) >= 11 is 11.9. The van der Waals surface area contributed by atoms with Crippen molar-refractivity contribution < 1.29 is 4.79 Å². The molecule has 1 aliphatic rings. The van der Waals surface area contributed by atoms with Crippen molar-refractivity contribution in [2.24, 2.45) is 12.5 Å². The topological polar surface area (TPSA) is 34.0 Å². The fraction of sp³-hybridized carbons (Fsp3) is 0.583. The van der Waals surface area contributed by atoms with Gasteiger partial charge in [-0.25, -0.2) is 0 Å². The van der Waals surface area contributed by atoms with Gasteiger partial charge in [0.1, 0.15) is 4.33 Å². The predicted octanol–water partition coefficient (Wildman–Crippen LogP) is 2.53. The van der Waals surface area contributed by atoms with E-state index in [4.69, 9.17) is 23.2 Å². The SMILES string of the molecule is Cc1ccc(CNC(=O)[C@@]2(C)CC2(Cl)Cl)n1C. The van der Waals surface area contributed by atoms with E-state index in [1.54, 1.807) is 6.92 Å². The Hall–Kier alpha value is -0.670. The van der Waals surface area contributed by atoms with E-state index in [-0.39, 0.29) is 5.91 Å². The van der Waals surface area contributed by atoms with Crippen molar-refractivity contribution in [3.63, 3.8) is 0 Å². The number of amides is 1. The van der Waals surface area contributed by atoms with Crippen molar-refractivity contribution in [3.8, 4) is 0 Å². The fourth-order valence-corrected chi connectivity index (χ4v) is 2.56. The molecule has 1 aliphatic carbocycles. The minimum atomic E-state index is -0.902. The summed E-state index contributed by atoms with van der Waals surface area (Å²) in [5.41, 5.74) is 1.59. The lowest BCUT2D eigenvalue weighted by Gasteiger charge is -2.13. The Morgan fingerprint density at radius 1 is 1.53 bits per heavy atom. The van der Waals surface area contributed by atoms with Gasteiger partial charge in [0.25, 0.3) is 0 Å². The summed E-state index contributed by atoms with van der Waals surface area (Å²) in [6.45, 7) is 4.32. The van der Waals surface area contributed by atoms with Crippen LogP contribution in [0.3, 0.4) is 0 Å². The molecule has 1 N–H and O–H groups in total. The number of alkyl halides is 2. The Kier molecular flexibility index (Phi) is 2.95. The molecule has 94 valence electrons. The van der Waals surface area contributed by atoms with Crippen LogP contribution in [-0.2, 0) is 18.4 Å². The van der Waals surface area contributed by atoms with Gasteiger partial charge in [-0.2, -0.15) is 0 Å². The minimum Gasteiger partial charge on any atom is -0.350 e. The maximum Gasteiger partial charge on any atom is 0.229 e. The van der Waals surface area contributed by atoms with Crippen LogP contribution in [0.5, 0.6) is 0 Å². The number of carbonyl (C=O) groups is 1. The molecule has 0 bridgehead atoms. The van der Waals surface area contributed by atoms with E-state index >= 15 is 0 Å².